The predicted molar refractivity (Wildman–Crippen MR) is 120 cm³/mol. The molecular formula is C25H27ClF2N2. The smallest absolute Gasteiger partial charge is 0.147 e. The molecule has 0 bridgehead atoms. The summed E-state index contributed by atoms with van der Waals surface area (Å²) >= 11 is 5.84. The van der Waals surface area contributed by atoms with E-state index in [1.165, 1.54) is 17.7 Å². The van der Waals surface area contributed by atoms with Crippen molar-refractivity contribution in [1.82, 2.24) is 4.98 Å². The highest BCUT2D eigenvalue weighted by atomic mass is 35.5. The summed E-state index contributed by atoms with van der Waals surface area (Å²) in [5.41, 5.74) is 2.73. The molecule has 158 valence electrons. The number of aromatic nitrogens is 1. The molecule has 2 nitrogen and oxygen atoms in total. The average Bonchev–Trinajstić information content (AvgIpc) is 2.73. The van der Waals surface area contributed by atoms with E-state index < -0.39 is 0 Å². The topological polar surface area (TPSA) is 24.9 Å². The molecule has 1 aliphatic rings. The van der Waals surface area contributed by atoms with E-state index >= 15 is 0 Å². The van der Waals surface area contributed by atoms with Gasteiger partial charge in [-0.1, -0.05) is 25.4 Å². The van der Waals surface area contributed by atoms with Gasteiger partial charge in [0, 0.05) is 23.2 Å². The van der Waals surface area contributed by atoms with E-state index in [1.54, 1.807) is 24.3 Å². The van der Waals surface area contributed by atoms with Gasteiger partial charge in [0.1, 0.15) is 11.6 Å². The summed E-state index contributed by atoms with van der Waals surface area (Å²) < 4.78 is 27.9. The summed E-state index contributed by atoms with van der Waals surface area (Å²) in [5, 5.41) is 4.58. The number of halogens is 3. The number of rotatable bonds is 5. The van der Waals surface area contributed by atoms with Crippen LogP contribution in [0.4, 0.5) is 14.5 Å². The highest BCUT2D eigenvalue weighted by Gasteiger charge is 2.36. The summed E-state index contributed by atoms with van der Waals surface area (Å²) in [6, 6.07) is 11.6. The Morgan fingerprint density at radius 2 is 1.90 bits per heavy atom. The Morgan fingerprint density at radius 3 is 2.63 bits per heavy atom. The Morgan fingerprint density at radius 1 is 1.13 bits per heavy atom. The number of nitrogens with one attached hydrogen (secondary N) is 1. The minimum absolute atomic E-state index is 0.181. The Labute approximate surface area is 181 Å². The molecule has 0 spiro atoms. The molecule has 1 heterocycles. The van der Waals surface area contributed by atoms with Crippen LogP contribution in [-0.2, 0) is 0 Å². The highest BCUT2D eigenvalue weighted by Crippen LogP contribution is 2.48. The van der Waals surface area contributed by atoms with E-state index in [-0.39, 0.29) is 17.0 Å². The van der Waals surface area contributed by atoms with Gasteiger partial charge in [-0.25, -0.2) is 8.78 Å². The Hall–Kier alpha value is -2.20. The van der Waals surface area contributed by atoms with Crippen molar-refractivity contribution >= 4 is 28.2 Å². The summed E-state index contributed by atoms with van der Waals surface area (Å²) in [7, 11) is 0. The zero-order valence-corrected chi connectivity index (χ0v) is 18.1. The number of fused-ring (bicyclic) bond motifs is 1. The van der Waals surface area contributed by atoms with Gasteiger partial charge in [-0.2, -0.15) is 0 Å². The van der Waals surface area contributed by atoms with Crippen LogP contribution in [0.2, 0.25) is 5.02 Å². The van der Waals surface area contributed by atoms with Gasteiger partial charge in [0.25, 0.3) is 0 Å². The molecule has 0 aliphatic heterocycles. The van der Waals surface area contributed by atoms with Gasteiger partial charge in [0.05, 0.1) is 11.2 Å². The molecule has 0 radical (unpaired) electrons. The number of benzene rings is 2. The van der Waals surface area contributed by atoms with Gasteiger partial charge >= 0.3 is 0 Å². The Kier molecular flexibility index (Phi) is 5.97. The van der Waals surface area contributed by atoms with Gasteiger partial charge in [-0.05, 0) is 91.0 Å². The molecule has 30 heavy (non-hydrogen) atoms. The maximum absolute atomic E-state index is 14.1. The van der Waals surface area contributed by atoms with Crippen molar-refractivity contribution in [2.75, 3.05) is 11.9 Å². The Bertz CT molecular complexity index is 1040. The number of pyridine rings is 1. The van der Waals surface area contributed by atoms with Crippen LogP contribution in [0.3, 0.4) is 0 Å². The number of nitrogens with zero attached hydrogens (tertiary/aromatic N) is 1. The van der Waals surface area contributed by atoms with E-state index in [4.69, 9.17) is 11.6 Å². The second-order valence-corrected chi connectivity index (χ2v) is 9.33. The van der Waals surface area contributed by atoms with Crippen LogP contribution in [0.25, 0.3) is 10.9 Å². The van der Waals surface area contributed by atoms with Crippen molar-refractivity contribution in [3.63, 3.8) is 0 Å². The molecule has 3 aromatic rings. The minimum atomic E-state index is -0.319. The molecule has 1 unspecified atom stereocenters. The minimum Gasteiger partial charge on any atom is -0.382 e. The van der Waals surface area contributed by atoms with E-state index in [0.29, 0.717) is 29.1 Å². The normalized spacial score (nSPS) is 22.8. The van der Waals surface area contributed by atoms with E-state index in [2.05, 4.69) is 24.1 Å². The molecule has 2 aromatic carbocycles. The molecule has 1 fully saturated rings. The molecule has 0 amide bonds. The second kappa shape index (κ2) is 8.50. The second-order valence-electron chi connectivity index (χ2n) is 8.90. The van der Waals surface area contributed by atoms with Crippen LogP contribution >= 0.6 is 11.6 Å². The highest BCUT2D eigenvalue weighted by molar-refractivity contribution is 6.30. The van der Waals surface area contributed by atoms with Crippen molar-refractivity contribution in [2.45, 2.75) is 45.4 Å². The SMILES string of the molecule is CC(CNc1ccc(Cl)cc1F)C1(C)CCC(c2ccnc3ccc(F)cc23)CC1. The zero-order valence-electron chi connectivity index (χ0n) is 17.4. The average molecular weight is 429 g/mol. The first-order valence-electron chi connectivity index (χ1n) is 10.6. The molecule has 5 heteroatoms. The van der Waals surface area contributed by atoms with Crippen LogP contribution in [0.5, 0.6) is 0 Å². The fraction of sp³-hybridized carbons (Fsp3) is 0.400. The summed E-state index contributed by atoms with van der Waals surface area (Å²) in [6.45, 7) is 5.28. The first-order valence-corrected chi connectivity index (χ1v) is 11.0. The first kappa shape index (κ1) is 21.0. The molecule has 4 rings (SSSR count). The number of hydrogen-bond acceptors (Lipinski definition) is 2. The van der Waals surface area contributed by atoms with Gasteiger partial charge in [-0.3, -0.25) is 4.98 Å². The molecule has 0 saturated heterocycles. The van der Waals surface area contributed by atoms with Crippen molar-refractivity contribution in [3.05, 3.63) is 70.9 Å². The third kappa shape index (κ3) is 4.29. The lowest BCUT2D eigenvalue weighted by atomic mass is 9.64. The monoisotopic (exact) mass is 428 g/mol. The fourth-order valence-electron chi connectivity index (χ4n) is 4.72. The molecule has 1 saturated carbocycles. The van der Waals surface area contributed by atoms with Gasteiger partial charge < -0.3 is 5.32 Å². The maximum atomic E-state index is 14.1. The number of anilines is 1. The van der Waals surface area contributed by atoms with Gasteiger partial charge in [0.2, 0.25) is 0 Å². The van der Waals surface area contributed by atoms with Crippen LogP contribution in [0.15, 0.2) is 48.7 Å². The maximum Gasteiger partial charge on any atom is 0.147 e. The van der Waals surface area contributed by atoms with Crippen molar-refractivity contribution in [3.8, 4) is 0 Å². The Balaban J connectivity index is 1.42. The van der Waals surface area contributed by atoms with Gasteiger partial charge in [0.15, 0.2) is 0 Å². The zero-order chi connectivity index (χ0) is 21.3. The lowest BCUT2D eigenvalue weighted by Gasteiger charge is -2.42. The molecule has 1 aliphatic carbocycles. The third-order valence-electron chi connectivity index (χ3n) is 7.02. The van der Waals surface area contributed by atoms with E-state index in [9.17, 15) is 8.78 Å². The molecule has 1 N–H and O–H groups in total. The van der Waals surface area contributed by atoms with Crippen molar-refractivity contribution < 1.29 is 8.78 Å². The van der Waals surface area contributed by atoms with Crippen molar-refractivity contribution in [1.29, 1.82) is 0 Å². The van der Waals surface area contributed by atoms with Crippen molar-refractivity contribution in [2.24, 2.45) is 11.3 Å². The first-order chi connectivity index (χ1) is 14.4. The van der Waals surface area contributed by atoms with E-state index in [1.807, 2.05) is 12.3 Å². The summed E-state index contributed by atoms with van der Waals surface area (Å²) in [6.07, 6.45) is 6.12. The van der Waals surface area contributed by atoms with E-state index in [0.717, 1.165) is 36.6 Å². The lowest BCUT2D eigenvalue weighted by Crippen LogP contribution is -2.34. The van der Waals surface area contributed by atoms with Crippen LogP contribution in [0.1, 0.15) is 51.0 Å². The molecular weight excluding hydrogens is 402 g/mol. The number of hydrogen-bond donors (Lipinski definition) is 1. The predicted octanol–water partition coefficient (Wildman–Crippen LogP) is 7.58. The van der Waals surface area contributed by atoms with Crippen LogP contribution < -0.4 is 5.32 Å². The summed E-state index contributed by atoms with van der Waals surface area (Å²) in [5.74, 6) is 0.270. The van der Waals surface area contributed by atoms with Gasteiger partial charge in [-0.15, -0.1) is 0 Å². The largest absolute Gasteiger partial charge is 0.382 e. The van der Waals surface area contributed by atoms with Crippen LogP contribution in [0, 0.1) is 23.0 Å². The lowest BCUT2D eigenvalue weighted by molar-refractivity contribution is 0.128. The third-order valence-corrected chi connectivity index (χ3v) is 7.26. The fourth-order valence-corrected chi connectivity index (χ4v) is 4.88. The molecule has 1 aromatic heterocycles. The quantitative estimate of drug-likeness (QED) is 0.453. The standard InChI is InChI=1S/C25H27ClF2N2/c1-16(15-30-24-5-3-18(26)13-22(24)28)25(2)10-7-17(8-11-25)20-9-12-29-23-6-4-19(27)14-21(20)23/h3-6,9,12-14,16-17,30H,7-8,10-11,15H2,1-2H3. The summed E-state index contributed by atoms with van der Waals surface area (Å²) in [4.78, 5) is 4.39. The van der Waals surface area contributed by atoms with Crippen LogP contribution in [-0.4, -0.2) is 11.5 Å². The molecule has 1 atom stereocenters.